The molecular weight excluding hydrogens is 421 g/mol. The molecule has 1 aliphatic rings. The minimum Gasteiger partial charge on any atom is -0.444 e. The summed E-state index contributed by atoms with van der Waals surface area (Å²) in [6, 6.07) is 16.1. The molecule has 8 heteroatoms. The minimum absolute atomic E-state index is 0.0519. The van der Waals surface area contributed by atoms with Gasteiger partial charge in [0.1, 0.15) is 12.6 Å². The van der Waals surface area contributed by atoms with Crippen LogP contribution in [0.15, 0.2) is 76.5 Å². The molecule has 6 nitrogen and oxygen atoms in total. The number of hydrogen-bond donors (Lipinski definition) is 1. The summed E-state index contributed by atoms with van der Waals surface area (Å²) in [5.41, 5.74) is 1.17. The van der Waals surface area contributed by atoms with Crippen molar-refractivity contribution < 1.29 is 27.1 Å². The molecule has 1 amide bonds. The van der Waals surface area contributed by atoms with Gasteiger partial charge in [0.2, 0.25) is 9.84 Å². The van der Waals surface area contributed by atoms with Crippen LogP contribution in [0.5, 0.6) is 0 Å². The van der Waals surface area contributed by atoms with Crippen LogP contribution in [0, 0.1) is 0 Å². The van der Waals surface area contributed by atoms with Crippen LogP contribution in [0.1, 0.15) is 11.1 Å². The molecule has 31 heavy (non-hydrogen) atoms. The predicted octanol–water partition coefficient (Wildman–Crippen LogP) is 3.80. The number of amides is 1. The maximum Gasteiger partial charge on any atom is 0.408 e. The summed E-state index contributed by atoms with van der Waals surface area (Å²) in [6.45, 7) is -0.532. The lowest BCUT2D eigenvalue weighted by molar-refractivity contribution is -0.131. The van der Waals surface area contributed by atoms with Gasteiger partial charge in [-0.1, -0.05) is 66.7 Å². The first kappa shape index (κ1) is 20.7. The van der Waals surface area contributed by atoms with Crippen molar-refractivity contribution in [3.63, 3.8) is 0 Å². The van der Waals surface area contributed by atoms with E-state index in [1.54, 1.807) is 48.5 Å². The van der Waals surface area contributed by atoms with Gasteiger partial charge in [-0.2, -0.15) is 4.39 Å². The highest BCUT2D eigenvalue weighted by molar-refractivity contribution is 7.96. The molecule has 0 radical (unpaired) electrons. The number of carbonyl (C=O) groups is 2. The zero-order chi connectivity index (χ0) is 22.0. The van der Waals surface area contributed by atoms with Crippen molar-refractivity contribution in [1.29, 1.82) is 0 Å². The smallest absolute Gasteiger partial charge is 0.408 e. The Balaban J connectivity index is 1.45. The molecule has 0 fully saturated rings. The quantitative estimate of drug-likeness (QED) is 0.590. The van der Waals surface area contributed by atoms with Crippen molar-refractivity contribution >= 4 is 38.8 Å². The van der Waals surface area contributed by atoms with Crippen LogP contribution in [0.25, 0.3) is 16.8 Å². The first-order valence-electron chi connectivity index (χ1n) is 9.50. The van der Waals surface area contributed by atoms with E-state index in [9.17, 15) is 22.4 Å². The van der Waals surface area contributed by atoms with Gasteiger partial charge in [0.25, 0.3) is 0 Å². The Labute approximate surface area is 178 Å². The molecular formula is C23H18FNO5S. The SMILES string of the molecule is O=C(N[C@@H](Cc1ccccc1)C(=O)F)OCC1=Cc2ccc3ccccc3c2S1(=O)=O. The number of alkyl carbamates (subject to hydrolysis) is 1. The zero-order valence-corrected chi connectivity index (χ0v) is 17.1. The van der Waals surface area contributed by atoms with E-state index in [2.05, 4.69) is 5.32 Å². The highest BCUT2D eigenvalue weighted by Gasteiger charge is 2.32. The summed E-state index contributed by atoms with van der Waals surface area (Å²) < 4.78 is 44.4. The maximum atomic E-state index is 13.4. The van der Waals surface area contributed by atoms with Crippen LogP contribution in [-0.4, -0.2) is 33.2 Å². The van der Waals surface area contributed by atoms with Gasteiger partial charge in [-0.15, -0.1) is 0 Å². The minimum atomic E-state index is -3.85. The average molecular weight is 439 g/mol. The fraction of sp³-hybridized carbons (Fsp3) is 0.130. The van der Waals surface area contributed by atoms with Crippen molar-refractivity contribution in [2.45, 2.75) is 17.4 Å². The number of nitrogens with one attached hydrogen (secondary N) is 1. The van der Waals surface area contributed by atoms with E-state index >= 15 is 0 Å². The Bertz CT molecular complexity index is 1300. The van der Waals surface area contributed by atoms with Gasteiger partial charge in [0, 0.05) is 11.8 Å². The molecule has 0 bridgehead atoms. The summed E-state index contributed by atoms with van der Waals surface area (Å²) >= 11 is 0. The summed E-state index contributed by atoms with van der Waals surface area (Å²) in [5, 5.41) is 3.53. The normalized spacial score (nSPS) is 15.1. The highest BCUT2D eigenvalue weighted by Crippen LogP contribution is 2.38. The number of rotatable bonds is 6. The lowest BCUT2D eigenvalue weighted by Gasteiger charge is -2.14. The monoisotopic (exact) mass is 439 g/mol. The molecule has 0 aromatic heterocycles. The van der Waals surface area contributed by atoms with Crippen molar-refractivity contribution in [3.05, 3.63) is 82.8 Å². The number of sulfone groups is 1. The number of ether oxygens (including phenoxy) is 1. The van der Waals surface area contributed by atoms with Crippen molar-refractivity contribution in [1.82, 2.24) is 5.32 Å². The second-order valence-electron chi connectivity index (χ2n) is 7.09. The molecule has 1 atom stereocenters. The van der Waals surface area contributed by atoms with Crippen molar-refractivity contribution in [3.8, 4) is 0 Å². The van der Waals surface area contributed by atoms with Crippen LogP contribution in [0.3, 0.4) is 0 Å². The second-order valence-corrected chi connectivity index (χ2v) is 9.03. The summed E-state index contributed by atoms with van der Waals surface area (Å²) in [6.07, 6.45) is 0.319. The topological polar surface area (TPSA) is 89.5 Å². The van der Waals surface area contributed by atoms with E-state index in [4.69, 9.17) is 4.74 Å². The van der Waals surface area contributed by atoms with Gasteiger partial charge < -0.3 is 10.1 Å². The lowest BCUT2D eigenvalue weighted by atomic mass is 10.1. The maximum absolute atomic E-state index is 13.4. The predicted molar refractivity (Wildman–Crippen MR) is 114 cm³/mol. The molecule has 0 aliphatic carbocycles. The Morgan fingerprint density at radius 2 is 1.68 bits per heavy atom. The van der Waals surface area contributed by atoms with E-state index in [1.807, 2.05) is 18.2 Å². The molecule has 0 unspecified atom stereocenters. The third-order valence-electron chi connectivity index (χ3n) is 5.03. The van der Waals surface area contributed by atoms with Gasteiger partial charge in [-0.3, -0.25) is 4.79 Å². The van der Waals surface area contributed by atoms with E-state index in [0.717, 1.165) is 5.39 Å². The second kappa shape index (κ2) is 8.31. The highest BCUT2D eigenvalue weighted by atomic mass is 32.2. The standard InChI is InChI=1S/C23H18FNO5S/c24-22(26)20(12-15-6-2-1-3-7-15)25-23(27)30-14-18-13-17-11-10-16-8-4-5-9-19(16)21(17)31(18,28)29/h1-11,13,20H,12,14H2,(H,25,27)/t20-/m0/s1. The van der Waals surface area contributed by atoms with Gasteiger partial charge >= 0.3 is 12.1 Å². The number of halogens is 1. The molecule has 3 aromatic carbocycles. The molecule has 0 saturated carbocycles. The number of hydrogen-bond acceptors (Lipinski definition) is 5. The van der Waals surface area contributed by atoms with Gasteiger partial charge in [0.15, 0.2) is 0 Å². The van der Waals surface area contributed by atoms with Gasteiger partial charge in [-0.25, -0.2) is 13.2 Å². The molecule has 1 aliphatic heterocycles. The van der Waals surface area contributed by atoms with Crippen LogP contribution in [0.2, 0.25) is 0 Å². The van der Waals surface area contributed by atoms with Crippen molar-refractivity contribution in [2.75, 3.05) is 6.61 Å². The molecule has 3 aromatic rings. The van der Waals surface area contributed by atoms with Gasteiger partial charge in [-0.05, 0) is 22.6 Å². The van der Waals surface area contributed by atoms with Crippen molar-refractivity contribution in [2.24, 2.45) is 0 Å². The van der Waals surface area contributed by atoms with Gasteiger partial charge in [0.05, 0.1) is 9.80 Å². The fourth-order valence-corrected chi connectivity index (χ4v) is 5.20. The molecule has 158 valence electrons. The summed E-state index contributed by atoms with van der Waals surface area (Å²) in [7, 11) is -3.85. The molecule has 0 saturated heterocycles. The molecule has 1 heterocycles. The Kier molecular flexibility index (Phi) is 5.56. The van der Waals surface area contributed by atoms with E-state index in [0.29, 0.717) is 16.5 Å². The first-order chi connectivity index (χ1) is 14.9. The van der Waals surface area contributed by atoms with Crippen LogP contribution < -0.4 is 5.32 Å². The number of fused-ring (bicyclic) bond motifs is 3. The van der Waals surface area contributed by atoms with E-state index in [1.165, 1.54) is 6.08 Å². The Morgan fingerprint density at radius 3 is 2.42 bits per heavy atom. The first-order valence-corrected chi connectivity index (χ1v) is 11.0. The summed E-state index contributed by atoms with van der Waals surface area (Å²) in [5.74, 6) is 0. The third-order valence-corrected chi connectivity index (χ3v) is 6.95. The number of benzene rings is 3. The van der Waals surface area contributed by atoms with E-state index in [-0.39, 0.29) is 16.2 Å². The Morgan fingerprint density at radius 1 is 0.968 bits per heavy atom. The largest absolute Gasteiger partial charge is 0.444 e. The third kappa shape index (κ3) is 4.20. The van der Waals surface area contributed by atoms with Crippen LogP contribution >= 0.6 is 0 Å². The molecule has 1 N–H and O–H groups in total. The van der Waals surface area contributed by atoms with E-state index < -0.39 is 34.6 Å². The zero-order valence-electron chi connectivity index (χ0n) is 16.2. The fourth-order valence-electron chi connectivity index (χ4n) is 3.53. The summed E-state index contributed by atoms with van der Waals surface area (Å²) in [4.78, 5) is 23.5. The number of carbonyl (C=O) groups excluding carboxylic acids is 2. The van der Waals surface area contributed by atoms with Crippen LogP contribution in [-0.2, 0) is 25.8 Å². The van der Waals surface area contributed by atoms with Crippen LogP contribution in [0.4, 0.5) is 9.18 Å². The lowest BCUT2D eigenvalue weighted by Crippen LogP contribution is -2.41. The molecule has 4 rings (SSSR count). The Hall–Kier alpha value is -3.52. The molecule has 0 spiro atoms. The average Bonchev–Trinajstić information content (AvgIpc) is 3.02.